The number of aryl methyl sites for hydroxylation is 1. The minimum Gasteiger partial charge on any atom is -0.338 e. The van der Waals surface area contributed by atoms with Gasteiger partial charge in [-0.2, -0.15) is 26.3 Å². The summed E-state index contributed by atoms with van der Waals surface area (Å²) in [6, 6.07) is 5.07. The molecule has 0 saturated carbocycles. The predicted octanol–water partition coefficient (Wildman–Crippen LogP) is 5.09. The van der Waals surface area contributed by atoms with Gasteiger partial charge < -0.3 is 15.5 Å². The first-order chi connectivity index (χ1) is 17.1. The maximum absolute atomic E-state index is 13.5. The van der Waals surface area contributed by atoms with Crippen molar-refractivity contribution >= 4 is 23.6 Å². The molecule has 0 aromatic heterocycles. The number of likely N-dealkylation sites (N-methyl/N-ethyl adjacent to an activating group) is 1. The topological polar surface area (TPSA) is 61.4 Å². The van der Waals surface area contributed by atoms with Crippen LogP contribution in [0.4, 0.5) is 36.4 Å². The van der Waals surface area contributed by atoms with Crippen LogP contribution in [-0.4, -0.2) is 37.5 Å². The van der Waals surface area contributed by atoms with Crippen molar-refractivity contribution in [2.75, 3.05) is 25.0 Å². The van der Waals surface area contributed by atoms with E-state index in [1.54, 1.807) is 6.92 Å². The molecule has 200 valence electrons. The molecular formula is C25H24F7N3O2. The quantitative estimate of drug-likeness (QED) is 0.418. The highest BCUT2D eigenvalue weighted by Crippen LogP contribution is 2.39. The summed E-state index contributed by atoms with van der Waals surface area (Å²) >= 11 is 0. The number of nitrogens with zero attached hydrogens (tertiary/aromatic N) is 1. The summed E-state index contributed by atoms with van der Waals surface area (Å²) in [7, 11) is 1.06. The van der Waals surface area contributed by atoms with Crippen molar-refractivity contribution in [2.24, 2.45) is 0 Å². The average molecular weight is 531 g/mol. The lowest BCUT2D eigenvalue weighted by molar-refractivity contribution is -0.143. The zero-order valence-corrected chi connectivity index (χ0v) is 19.9. The van der Waals surface area contributed by atoms with Gasteiger partial charge in [0.25, 0.3) is 5.91 Å². The zero-order chi connectivity index (χ0) is 27.6. The number of amides is 2. The Morgan fingerprint density at radius 2 is 1.54 bits per heavy atom. The van der Waals surface area contributed by atoms with Gasteiger partial charge in [-0.1, -0.05) is 6.07 Å². The molecule has 0 bridgehead atoms. The van der Waals surface area contributed by atoms with Crippen molar-refractivity contribution < 1.29 is 40.3 Å². The predicted molar refractivity (Wildman–Crippen MR) is 123 cm³/mol. The summed E-state index contributed by atoms with van der Waals surface area (Å²) in [5.41, 5.74) is -4.44. The van der Waals surface area contributed by atoms with Crippen LogP contribution in [0.25, 0.3) is 6.08 Å². The second-order valence-corrected chi connectivity index (χ2v) is 8.79. The van der Waals surface area contributed by atoms with Crippen molar-refractivity contribution in [3.63, 3.8) is 0 Å². The van der Waals surface area contributed by atoms with E-state index in [1.807, 2.05) is 0 Å². The smallest absolute Gasteiger partial charge is 0.338 e. The van der Waals surface area contributed by atoms with E-state index in [-0.39, 0.29) is 32.0 Å². The van der Waals surface area contributed by atoms with E-state index in [9.17, 15) is 40.3 Å². The van der Waals surface area contributed by atoms with Crippen LogP contribution in [0.15, 0.2) is 42.5 Å². The third-order valence-corrected chi connectivity index (χ3v) is 6.10. The Morgan fingerprint density at radius 3 is 2.05 bits per heavy atom. The van der Waals surface area contributed by atoms with Gasteiger partial charge in [-0.05, 0) is 80.4 Å². The Kier molecular flexibility index (Phi) is 8.01. The first-order valence-corrected chi connectivity index (χ1v) is 11.2. The first kappa shape index (κ1) is 28.2. The number of hydrogen-bond donors (Lipinski definition) is 2. The fourth-order valence-corrected chi connectivity index (χ4v) is 4.04. The van der Waals surface area contributed by atoms with Crippen molar-refractivity contribution in [1.29, 1.82) is 0 Å². The zero-order valence-electron chi connectivity index (χ0n) is 19.9. The van der Waals surface area contributed by atoms with E-state index in [1.165, 1.54) is 24.3 Å². The van der Waals surface area contributed by atoms with Crippen LogP contribution in [0, 0.1) is 12.7 Å². The monoisotopic (exact) mass is 531 g/mol. The third-order valence-electron chi connectivity index (χ3n) is 6.10. The number of alkyl halides is 6. The van der Waals surface area contributed by atoms with Crippen molar-refractivity contribution in [1.82, 2.24) is 10.6 Å². The summed E-state index contributed by atoms with van der Waals surface area (Å²) < 4.78 is 93.3. The van der Waals surface area contributed by atoms with E-state index in [0.717, 1.165) is 13.1 Å². The maximum Gasteiger partial charge on any atom is 0.416 e. The Morgan fingerprint density at radius 1 is 0.973 bits per heavy atom. The Bertz CT molecular complexity index is 1170. The number of rotatable bonds is 5. The molecule has 3 rings (SSSR count). The highest BCUT2D eigenvalue weighted by Gasteiger charge is 2.44. The number of benzene rings is 2. The largest absolute Gasteiger partial charge is 0.416 e. The molecule has 0 aliphatic carbocycles. The molecule has 1 saturated heterocycles. The number of carbonyl (C=O) groups excluding carboxylic acids is 2. The molecule has 0 radical (unpaired) electrons. The van der Waals surface area contributed by atoms with Gasteiger partial charge in [0.15, 0.2) is 0 Å². The van der Waals surface area contributed by atoms with Crippen molar-refractivity contribution in [2.45, 2.75) is 37.7 Å². The van der Waals surface area contributed by atoms with E-state index in [2.05, 4.69) is 10.6 Å². The molecule has 2 amide bonds. The van der Waals surface area contributed by atoms with E-state index in [4.69, 9.17) is 0 Å². The number of piperidine rings is 1. The molecule has 0 spiro atoms. The average Bonchev–Trinajstić information content (AvgIpc) is 2.83. The van der Waals surface area contributed by atoms with Gasteiger partial charge in [-0.15, -0.1) is 0 Å². The van der Waals surface area contributed by atoms with Gasteiger partial charge in [0.05, 0.1) is 11.1 Å². The van der Waals surface area contributed by atoms with Crippen LogP contribution in [-0.2, 0) is 21.9 Å². The Labute approximate surface area is 208 Å². The van der Waals surface area contributed by atoms with Crippen molar-refractivity contribution in [3.05, 3.63) is 70.5 Å². The molecule has 0 unspecified atom stereocenters. The van der Waals surface area contributed by atoms with Gasteiger partial charge in [0.1, 0.15) is 11.4 Å². The summed E-state index contributed by atoms with van der Waals surface area (Å²) in [5, 5.41) is 5.59. The van der Waals surface area contributed by atoms with E-state index in [0.29, 0.717) is 28.2 Å². The van der Waals surface area contributed by atoms with Crippen LogP contribution in [0.3, 0.4) is 0 Å². The van der Waals surface area contributed by atoms with Crippen LogP contribution >= 0.6 is 0 Å². The maximum atomic E-state index is 13.5. The molecular weight excluding hydrogens is 507 g/mol. The lowest BCUT2D eigenvalue weighted by Gasteiger charge is -2.39. The first-order valence-electron chi connectivity index (χ1n) is 11.2. The number of carbonyl (C=O) groups is 2. The van der Waals surface area contributed by atoms with E-state index >= 15 is 0 Å². The molecule has 5 nitrogen and oxygen atoms in total. The van der Waals surface area contributed by atoms with Gasteiger partial charge in [-0.25, -0.2) is 4.39 Å². The van der Waals surface area contributed by atoms with Crippen LogP contribution < -0.4 is 15.5 Å². The Hall–Kier alpha value is -3.41. The molecule has 12 heteroatoms. The highest BCUT2D eigenvalue weighted by molar-refractivity contribution is 6.04. The van der Waals surface area contributed by atoms with Crippen LogP contribution in [0.2, 0.25) is 0 Å². The molecule has 1 heterocycles. The van der Waals surface area contributed by atoms with Gasteiger partial charge >= 0.3 is 12.4 Å². The van der Waals surface area contributed by atoms with Gasteiger partial charge in [0.2, 0.25) is 5.91 Å². The third kappa shape index (κ3) is 6.68. The second-order valence-electron chi connectivity index (χ2n) is 8.79. The molecule has 2 aromatic carbocycles. The van der Waals surface area contributed by atoms with Crippen LogP contribution in [0.5, 0.6) is 0 Å². The molecule has 0 atom stereocenters. The molecule has 2 aromatic rings. The summed E-state index contributed by atoms with van der Waals surface area (Å²) in [5.74, 6) is -1.99. The fraction of sp³-hybridized carbons (Fsp3) is 0.360. The fourth-order valence-electron chi connectivity index (χ4n) is 4.04. The second kappa shape index (κ2) is 10.5. The molecule has 37 heavy (non-hydrogen) atoms. The lowest BCUT2D eigenvalue weighted by Crippen LogP contribution is -2.63. The summed E-state index contributed by atoms with van der Waals surface area (Å²) in [4.78, 5) is 26.9. The molecule has 1 aliphatic rings. The number of halogens is 7. The SMILES string of the molecule is Cc1cc(/C=C/C(=O)NC2(C(=O)N(C)c3cc(C(F)(F)F)cc(C(F)(F)F)c3)CCNCC2)ccc1F. The number of hydrogen-bond acceptors (Lipinski definition) is 3. The normalized spacial score (nSPS) is 16.0. The number of anilines is 1. The van der Waals surface area contributed by atoms with Gasteiger partial charge in [-0.3, -0.25) is 9.59 Å². The number of nitrogens with one attached hydrogen (secondary N) is 2. The molecule has 1 aliphatic heterocycles. The van der Waals surface area contributed by atoms with Crippen molar-refractivity contribution in [3.8, 4) is 0 Å². The lowest BCUT2D eigenvalue weighted by atomic mass is 9.86. The molecule has 1 fully saturated rings. The van der Waals surface area contributed by atoms with Gasteiger partial charge in [0, 0.05) is 18.8 Å². The summed E-state index contributed by atoms with van der Waals surface area (Å²) in [6.45, 7) is 2.09. The Balaban J connectivity index is 1.91. The molecule has 2 N–H and O–H groups in total. The summed E-state index contributed by atoms with van der Waals surface area (Å²) in [6.07, 6.45) is -7.54. The van der Waals surface area contributed by atoms with Crippen LogP contribution in [0.1, 0.15) is 35.1 Å². The minimum atomic E-state index is -5.08. The highest BCUT2D eigenvalue weighted by atomic mass is 19.4. The standard InChI is InChI=1S/C25H24F7N3O2/c1-15-11-16(3-5-20(15)26)4-6-21(36)34-23(7-9-33-10-8-23)22(37)35(2)19-13-17(24(27,28)29)12-18(14-19)25(30,31)32/h3-6,11-14,33H,7-10H2,1-2H3,(H,34,36)/b6-4+. The van der Waals surface area contributed by atoms with E-state index < -0.39 is 52.3 Å². The minimum absolute atomic E-state index is 0.0220.